The number of carbonyl (C=O) groups excluding carboxylic acids is 1. The van der Waals surface area contributed by atoms with Gasteiger partial charge in [0.2, 0.25) is 5.91 Å². The molecule has 0 aliphatic carbocycles. The van der Waals surface area contributed by atoms with Crippen LogP contribution < -0.4 is 11.1 Å². The Morgan fingerprint density at radius 3 is 2.67 bits per heavy atom. The molecule has 21 heavy (non-hydrogen) atoms. The van der Waals surface area contributed by atoms with E-state index in [9.17, 15) is 9.90 Å². The standard InChI is InChI=1S/C15H24ClN3O2/c1-4-19(10-15(2,3)21)8-7-14(20)18-13-6-5-11(17)9-12(13)16/h5-6,9,21H,4,7-8,10,17H2,1-3H3,(H,18,20). The van der Waals surface area contributed by atoms with Crippen LogP contribution in [0.4, 0.5) is 11.4 Å². The minimum absolute atomic E-state index is 0.115. The SMILES string of the molecule is CCN(CCC(=O)Nc1ccc(N)cc1Cl)CC(C)(C)O. The van der Waals surface area contributed by atoms with E-state index in [0.717, 1.165) is 6.54 Å². The molecule has 4 N–H and O–H groups in total. The quantitative estimate of drug-likeness (QED) is 0.675. The van der Waals surface area contributed by atoms with E-state index < -0.39 is 5.60 Å². The first-order valence-corrected chi connectivity index (χ1v) is 7.38. The number of hydrogen-bond donors (Lipinski definition) is 3. The molecular weight excluding hydrogens is 290 g/mol. The number of rotatable bonds is 7. The number of amides is 1. The number of carbonyl (C=O) groups is 1. The molecule has 0 atom stereocenters. The van der Waals surface area contributed by atoms with Crippen molar-refractivity contribution in [2.75, 3.05) is 30.7 Å². The lowest BCUT2D eigenvalue weighted by Gasteiger charge is -2.27. The smallest absolute Gasteiger partial charge is 0.225 e. The maximum Gasteiger partial charge on any atom is 0.225 e. The molecule has 0 radical (unpaired) electrons. The van der Waals surface area contributed by atoms with Gasteiger partial charge >= 0.3 is 0 Å². The second kappa shape index (κ2) is 7.64. The van der Waals surface area contributed by atoms with Gasteiger partial charge < -0.3 is 21.1 Å². The Labute approximate surface area is 131 Å². The zero-order chi connectivity index (χ0) is 16.0. The van der Waals surface area contributed by atoms with Crippen molar-refractivity contribution in [2.24, 2.45) is 0 Å². The summed E-state index contributed by atoms with van der Waals surface area (Å²) in [6.07, 6.45) is 0.338. The summed E-state index contributed by atoms with van der Waals surface area (Å²) in [6.45, 7) is 7.40. The molecule has 0 heterocycles. The van der Waals surface area contributed by atoms with Crippen LogP contribution in [0.25, 0.3) is 0 Å². The first kappa shape index (κ1) is 17.8. The number of benzene rings is 1. The average Bonchev–Trinajstić information content (AvgIpc) is 2.36. The van der Waals surface area contributed by atoms with Crippen LogP contribution in [0, 0.1) is 0 Å². The van der Waals surface area contributed by atoms with Gasteiger partial charge in [0.25, 0.3) is 0 Å². The van der Waals surface area contributed by atoms with E-state index in [-0.39, 0.29) is 5.91 Å². The summed E-state index contributed by atoms with van der Waals surface area (Å²) in [7, 11) is 0. The van der Waals surface area contributed by atoms with Crippen molar-refractivity contribution in [1.82, 2.24) is 4.90 Å². The molecule has 0 fully saturated rings. The zero-order valence-corrected chi connectivity index (χ0v) is 13.6. The first-order chi connectivity index (χ1) is 9.71. The van der Waals surface area contributed by atoms with Crippen molar-refractivity contribution in [3.63, 3.8) is 0 Å². The van der Waals surface area contributed by atoms with Crippen molar-refractivity contribution in [2.45, 2.75) is 32.8 Å². The van der Waals surface area contributed by atoms with Gasteiger partial charge in [0, 0.05) is 25.2 Å². The largest absolute Gasteiger partial charge is 0.399 e. The maximum absolute atomic E-state index is 11.9. The Balaban J connectivity index is 2.50. The summed E-state index contributed by atoms with van der Waals surface area (Å²) < 4.78 is 0. The van der Waals surface area contributed by atoms with Crippen LogP contribution >= 0.6 is 11.6 Å². The van der Waals surface area contributed by atoms with Gasteiger partial charge in [-0.1, -0.05) is 18.5 Å². The number of aliphatic hydroxyl groups is 1. The number of nitrogen functional groups attached to an aromatic ring is 1. The average molecular weight is 314 g/mol. The molecule has 6 heteroatoms. The highest BCUT2D eigenvalue weighted by Gasteiger charge is 2.17. The molecule has 1 rings (SSSR count). The molecule has 0 aliphatic heterocycles. The third-order valence-corrected chi connectivity index (χ3v) is 3.29. The van der Waals surface area contributed by atoms with E-state index in [2.05, 4.69) is 5.32 Å². The van der Waals surface area contributed by atoms with Crippen molar-refractivity contribution >= 4 is 28.9 Å². The van der Waals surface area contributed by atoms with Gasteiger partial charge in [-0.05, 0) is 38.6 Å². The summed E-state index contributed by atoms with van der Waals surface area (Å²) >= 11 is 6.01. The number of nitrogens with two attached hydrogens (primary N) is 1. The van der Waals surface area contributed by atoms with Crippen LogP contribution in [0.3, 0.4) is 0 Å². The molecule has 0 aliphatic rings. The number of halogens is 1. The topological polar surface area (TPSA) is 78.6 Å². The van der Waals surface area contributed by atoms with Crippen LogP contribution in [0.2, 0.25) is 5.02 Å². The van der Waals surface area contributed by atoms with Crippen LogP contribution in [0.1, 0.15) is 27.2 Å². The third-order valence-electron chi connectivity index (χ3n) is 2.98. The minimum atomic E-state index is -0.771. The predicted molar refractivity (Wildman–Crippen MR) is 87.5 cm³/mol. The van der Waals surface area contributed by atoms with Gasteiger partial charge in [0.15, 0.2) is 0 Å². The van der Waals surface area contributed by atoms with Crippen LogP contribution in [-0.2, 0) is 4.79 Å². The second-order valence-corrected chi connectivity index (χ2v) is 6.13. The van der Waals surface area contributed by atoms with Crippen molar-refractivity contribution in [3.05, 3.63) is 23.2 Å². The van der Waals surface area contributed by atoms with Gasteiger partial charge in [-0.25, -0.2) is 0 Å². The molecule has 5 nitrogen and oxygen atoms in total. The highest BCUT2D eigenvalue weighted by molar-refractivity contribution is 6.34. The molecule has 0 bridgehead atoms. The number of likely N-dealkylation sites (N-methyl/N-ethyl adjacent to an activating group) is 1. The lowest BCUT2D eigenvalue weighted by atomic mass is 10.1. The molecule has 0 unspecified atom stereocenters. The molecule has 0 spiro atoms. The van der Waals surface area contributed by atoms with Crippen molar-refractivity contribution < 1.29 is 9.90 Å². The summed E-state index contributed by atoms with van der Waals surface area (Å²) in [5.41, 5.74) is 5.95. The summed E-state index contributed by atoms with van der Waals surface area (Å²) in [5, 5.41) is 13.0. The van der Waals surface area contributed by atoms with Gasteiger partial charge in [-0.3, -0.25) is 4.79 Å². The van der Waals surface area contributed by atoms with E-state index in [4.69, 9.17) is 17.3 Å². The van der Waals surface area contributed by atoms with E-state index in [1.165, 1.54) is 0 Å². The Hall–Kier alpha value is -1.30. The summed E-state index contributed by atoms with van der Waals surface area (Å²) in [4.78, 5) is 14.0. The summed E-state index contributed by atoms with van der Waals surface area (Å²) in [5.74, 6) is -0.115. The van der Waals surface area contributed by atoms with Crippen molar-refractivity contribution in [3.8, 4) is 0 Å². The molecule has 1 aromatic carbocycles. The fourth-order valence-corrected chi connectivity index (χ4v) is 2.24. The maximum atomic E-state index is 11.9. The lowest BCUT2D eigenvalue weighted by Crippen LogP contribution is -2.39. The highest BCUT2D eigenvalue weighted by atomic mass is 35.5. The van der Waals surface area contributed by atoms with Gasteiger partial charge in [-0.2, -0.15) is 0 Å². The predicted octanol–water partition coefficient (Wildman–Crippen LogP) is 2.34. The molecule has 1 amide bonds. The fourth-order valence-electron chi connectivity index (χ4n) is 2.00. The Kier molecular flexibility index (Phi) is 6.45. The number of nitrogens with one attached hydrogen (secondary N) is 1. The Bertz CT molecular complexity index is 486. The molecule has 0 saturated heterocycles. The second-order valence-electron chi connectivity index (χ2n) is 5.72. The summed E-state index contributed by atoms with van der Waals surface area (Å²) in [6, 6.07) is 4.97. The Morgan fingerprint density at radius 2 is 2.14 bits per heavy atom. The number of anilines is 2. The molecule has 1 aromatic rings. The monoisotopic (exact) mass is 313 g/mol. The van der Waals surface area contributed by atoms with Gasteiger partial charge in [0.05, 0.1) is 16.3 Å². The molecular formula is C15H24ClN3O2. The first-order valence-electron chi connectivity index (χ1n) is 7.01. The highest BCUT2D eigenvalue weighted by Crippen LogP contribution is 2.24. The minimum Gasteiger partial charge on any atom is -0.399 e. The normalized spacial score (nSPS) is 11.7. The molecule has 0 saturated carbocycles. The molecule has 0 aromatic heterocycles. The van der Waals surface area contributed by atoms with Crippen LogP contribution in [0.15, 0.2) is 18.2 Å². The molecule has 118 valence electrons. The number of nitrogens with zero attached hydrogens (tertiary/aromatic N) is 1. The van der Waals surface area contributed by atoms with E-state index >= 15 is 0 Å². The van der Waals surface area contributed by atoms with Crippen LogP contribution in [0.5, 0.6) is 0 Å². The van der Waals surface area contributed by atoms with E-state index in [1.807, 2.05) is 11.8 Å². The third kappa shape index (κ3) is 6.80. The van der Waals surface area contributed by atoms with Crippen LogP contribution in [-0.4, -0.2) is 41.1 Å². The van der Waals surface area contributed by atoms with E-state index in [0.29, 0.717) is 35.9 Å². The number of hydrogen-bond acceptors (Lipinski definition) is 4. The zero-order valence-electron chi connectivity index (χ0n) is 12.8. The fraction of sp³-hybridized carbons (Fsp3) is 0.533. The van der Waals surface area contributed by atoms with Gasteiger partial charge in [0.1, 0.15) is 0 Å². The van der Waals surface area contributed by atoms with Crippen molar-refractivity contribution in [1.29, 1.82) is 0 Å². The van der Waals surface area contributed by atoms with E-state index in [1.54, 1.807) is 32.0 Å². The van der Waals surface area contributed by atoms with Gasteiger partial charge in [-0.15, -0.1) is 0 Å². The Morgan fingerprint density at radius 1 is 1.48 bits per heavy atom. The lowest BCUT2D eigenvalue weighted by molar-refractivity contribution is -0.116.